The van der Waals surface area contributed by atoms with Gasteiger partial charge < -0.3 is 14.7 Å². The van der Waals surface area contributed by atoms with Crippen molar-refractivity contribution in [2.24, 2.45) is 0 Å². The molecule has 1 aromatic heterocycles. The fraction of sp³-hybridized carbons (Fsp3) is 0.583. The summed E-state index contributed by atoms with van der Waals surface area (Å²) in [6.45, 7) is 8.11. The molecule has 1 aromatic carbocycles. The SMILES string of the molecule is CCN(CC)CC1CCCN1C(=O)CN1CCCC(NS(=O)(=O)c2cc3cc(Cl)ccc3s2)C1=O. The van der Waals surface area contributed by atoms with Crippen LogP contribution in [0.4, 0.5) is 0 Å². The Bertz CT molecular complexity index is 1180. The number of carbonyl (C=O) groups is 2. The van der Waals surface area contributed by atoms with Gasteiger partial charge >= 0.3 is 0 Å². The average molecular weight is 541 g/mol. The Morgan fingerprint density at radius 2 is 1.91 bits per heavy atom. The normalized spacial score (nSPS) is 21.4. The van der Waals surface area contributed by atoms with Gasteiger partial charge in [0.1, 0.15) is 10.3 Å². The first kappa shape index (κ1) is 26.3. The summed E-state index contributed by atoms with van der Waals surface area (Å²) in [6.07, 6.45) is 2.98. The molecular formula is C24H33ClN4O4S2. The number of piperidine rings is 1. The Morgan fingerprint density at radius 3 is 2.66 bits per heavy atom. The number of sulfonamides is 1. The van der Waals surface area contributed by atoms with Crippen molar-refractivity contribution in [3.05, 3.63) is 29.3 Å². The van der Waals surface area contributed by atoms with E-state index in [1.807, 2.05) is 4.90 Å². The molecule has 0 bridgehead atoms. The number of hydrogen-bond acceptors (Lipinski definition) is 6. The van der Waals surface area contributed by atoms with Crippen LogP contribution >= 0.6 is 22.9 Å². The van der Waals surface area contributed by atoms with Crippen molar-refractivity contribution in [3.63, 3.8) is 0 Å². The van der Waals surface area contributed by atoms with E-state index in [1.54, 1.807) is 24.3 Å². The zero-order valence-electron chi connectivity index (χ0n) is 20.2. The Hall–Kier alpha value is -1.72. The van der Waals surface area contributed by atoms with Crippen LogP contribution in [0.2, 0.25) is 5.02 Å². The van der Waals surface area contributed by atoms with Crippen LogP contribution in [-0.4, -0.2) is 86.3 Å². The summed E-state index contributed by atoms with van der Waals surface area (Å²) in [5, 5.41) is 1.28. The van der Waals surface area contributed by atoms with E-state index in [0.29, 0.717) is 31.0 Å². The molecule has 4 rings (SSSR count). The number of benzene rings is 1. The van der Waals surface area contributed by atoms with E-state index in [0.717, 1.165) is 53.9 Å². The highest BCUT2D eigenvalue weighted by Gasteiger charge is 2.36. The monoisotopic (exact) mass is 540 g/mol. The highest BCUT2D eigenvalue weighted by Crippen LogP contribution is 2.31. The highest BCUT2D eigenvalue weighted by molar-refractivity contribution is 7.91. The summed E-state index contributed by atoms with van der Waals surface area (Å²) >= 11 is 7.17. The zero-order valence-corrected chi connectivity index (χ0v) is 22.6. The van der Waals surface area contributed by atoms with E-state index in [2.05, 4.69) is 23.5 Å². The molecule has 0 radical (unpaired) electrons. The number of fused-ring (bicyclic) bond motifs is 1. The van der Waals surface area contributed by atoms with Gasteiger partial charge in [-0.3, -0.25) is 9.59 Å². The number of amides is 2. The molecule has 0 saturated carbocycles. The van der Waals surface area contributed by atoms with Crippen molar-refractivity contribution in [1.82, 2.24) is 19.4 Å². The Labute approximate surface area is 216 Å². The summed E-state index contributed by atoms with van der Waals surface area (Å²) in [5.74, 6) is -0.394. The maximum Gasteiger partial charge on any atom is 0.250 e. The molecule has 1 N–H and O–H groups in total. The maximum absolute atomic E-state index is 13.2. The van der Waals surface area contributed by atoms with Crippen molar-refractivity contribution in [1.29, 1.82) is 0 Å². The average Bonchev–Trinajstić information content (AvgIpc) is 3.47. The van der Waals surface area contributed by atoms with Crippen LogP contribution < -0.4 is 4.72 Å². The molecule has 0 aliphatic carbocycles. The number of halogens is 1. The van der Waals surface area contributed by atoms with Crippen molar-refractivity contribution >= 4 is 54.9 Å². The molecule has 0 spiro atoms. The van der Waals surface area contributed by atoms with E-state index in [9.17, 15) is 18.0 Å². The Balaban J connectivity index is 1.41. The molecule has 2 unspecified atom stereocenters. The van der Waals surface area contributed by atoms with E-state index in [4.69, 9.17) is 11.6 Å². The minimum atomic E-state index is -3.89. The fourth-order valence-corrected chi connectivity index (χ4v) is 7.76. The van der Waals surface area contributed by atoms with Crippen LogP contribution in [0.25, 0.3) is 10.1 Å². The summed E-state index contributed by atoms with van der Waals surface area (Å²) in [6, 6.07) is 6.09. The van der Waals surface area contributed by atoms with Crippen LogP contribution in [-0.2, 0) is 19.6 Å². The molecule has 8 nitrogen and oxygen atoms in total. The van der Waals surface area contributed by atoms with E-state index >= 15 is 0 Å². The number of nitrogens with one attached hydrogen (secondary N) is 1. The molecule has 2 amide bonds. The smallest absolute Gasteiger partial charge is 0.250 e. The molecule has 192 valence electrons. The van der Waals surface area contributed by atoms with E-state index < -0.39 is 16.1 Å². The number of likely N-dealkylation sites (N-methyl/N-ethyl adjacent to an activating group) is 1. The number of rotatable bonds is 9. The van der Waals surface area contributed by atoms with Gasteiger partial charge in [0.25, 0.3) is 10.0 Å². The van der Waals surface area contributed by atoms with Crippen LogP contribution in [0.15, 0.2) is 28.5 Å². The lowest BCUT2D eigenvalue weighted by molar-refractivity contribution is -0.143. The molecule has 2 fully saturated rings. The van der Waals surface area contributed by atoms with Gasteiger partial charge in [0.05, 0.1) is 6.54 Å². The number of thiophene rings is 1. The maximum atomic E-state index is 13.2. The number of carbonyl (C=O) groups excluding carboxylic acids is 2. The molecule has 11 heteroatoms. The zero-order chi connectivity index (χ0) is 25.2. The topological polar surface area (TPSA) is 90.0 Å². The molecule has 2 aromatic rings. The first-order chi connectivity index (χ1) is 16.7. The third-order valence-electron chi connectivity index (χ3n) is 6.94. The van der Waals surface area contributed by atoms with Crippen LogP contribution in [0.5, 0.6) is 0 Å². The van der Waals surface area contributed by atoms with Crippen molar-refractivity contribution in [3.8, 4) is 0 Å². The largest absolute Gasteiger partial charge is 0.337 e. The van der Waals surface area contributed by atoms with Gasteiger partial charge in [0.2, 0.25) is 11.8 Å². The lowest BCUT2D eigenvalue weighted by Crippen LogP contribution is -2.55. The lowest BCUT2D eigenvalue weighted by Gasteiger charge is -2.35. The van der Waals surface area contributed by atoms with Crippen molar-refractivity contribution in [2.75, 3.05) is 39.3 Å². The second-order valence-corrected chi connectivity index (χ2v) is 12.7. The Kier molecular flexibility index (Phi) is 8.38. The molecule has 2 saturated heterocycles. The van der Waals surface area contributed by atoms with Gasteiger partial charge in [-0.25, -0.2) is 8.42 Å². The summed E-state index contributed by atoms with van der Waals surface area (Å²) in [4.78, 5) is 32.0. The van der Waals surface area contributed by atoms with Gasteiger partial charge in [-0.1, -0.05) is 25.4 Å². The second kappa shape index (κ2) is 11.1. The summed E-state index contributed by atoms with van der Waals surface area (Å²) < 4.78 is 29.7. The Morgan fingerprint density at radius 1 is 1.17 bits per heavy atom. The number of hydrogen-bond donors (Lipinski definition) is 1. The van der Waals surface area contributed by atoms with E-state index in [-0.39, 0.29) is 28.6 Å². The molecule has 35 heavy (non-hydrogen) atoms. The van der Waals surface area contributed by atoms with E-state index in [1.165, 1.54) is 4.90 Å². The molecule has 2 aliphatic heterocycles. The lowest BCUT2D eigenvalue weighted by atomic mass is 10.1. The van der Waals surface area contributed by atoms with Crippen molar-refractivity contribution in [2.45, 2.75) is 55.8 Å². The quantitative estimate of drug-likeness (QED) is 0.527. The molecular weight excluding hydrogens is 508 g/mol. The molecule has 2 atom stereocenters. The van der Waals surface area contributed by atoms with Crippen molar-refractivity contribution < 1.29 is 18.0 Å². The summed E-state index contributed by atoms with van der Waals surface area (Å²) in [7, 11) is -3.89. The molecule has 2 aliphatic rings. The van der Waals surface area contributed by atoms with Gasteiger partial charge in [-0.05, 0) is 68.4 Å². The third kappa shape index (κ3) is 5.99. The minimum absolute atomic E-state index is 0.00675. The first-order valence-electron chi connectivity index (χ1n) is 12.2. The highest BCUT2D eigenvalue weighted by atomic mass is 35.5. The van der Waals surface area contributed by atoms with Crippen LogP contribution in [0.3, 0.4) is 0 Å². The predicted octanol–water partition coefficient (Wildman–Crippen LogP) is 3.16. The standard InChI is InChI=1S/C24H33ClN4O4S2/c1-3-27(4-2)15-19-7-5-12-29(19)22(30)16-28-11-6-8-20(24(28)31)26-35(32,33)23-14-17-13-18(25)9-10-21(17)34-23/h9-10,13-14,19-20,26H,3-8,11-12,15-16H2,1-2H3. The minimum Gasteiger partial charge on any atom is -0.337 e. The number of nitrogens with zero attached hydrogens (tertiary/aromatic N) is 3. The second-order valence-electron chi connectivity index (χ2n) is 9.19. The number of likely N-dealkylation sites (tertiary alicyclic amines) is 2. The first-order valence-corrected chi connectivity index (χ1v) is 14.9. The molecule has 3 heterocycles. The van der Waals surface area contributed by atoms with Gasteiger partial charge in [0.15, 0.2) is 0 Å². The van der Waals surface area contributed by atoms with Crippen LogP contribution in [0, 0.1) is 0 Å². The fourth-order valence-electron chi connectivity index (χ4n) is 4.96. The third-order valence-corrected chi connectivity index (χ3v) is 10.2. The van der Waals surface area contributed by atoms with Gasteiger partial charge in [0, 0.05) is 35.4 Å². The summed E-state index contributed by atoms with van der Waals surface area (Å²) in [5.41, 5.74) is 0. The van der Waals surface area contributed by atoms with Crippen LogP contribution in [0.1, 0.15) is 39.5 Å². The van der Waals surface area contributed by atoms with Gasteiger partial charge in [-0.2, -0.15) is 4.72 Å². The van der Waals surface area contributed by atoms with Gasteiger partial charge in [-0.15, -0.1) is 11.3 Å². The predicted molar refractivity (Wildman–Crippen MR) is 139 cm³/mol.